The van der Waals surface area contributed by atoms with Gasteiger partial charge in [0.05, 0.1) is 19.6 Å². The molecule has 21 heavy (non-hydrogen) atoms. The molecule has 2 aromatic rings. The zero-order chi connectivity index (χ0) is 15.4. The molecular formula is C18H21ClO2. The highest BCUT2D eigenvalue weighted by molar-refractivity contribution is 6.21. The first-order valence-corrected chi connectivity index (χ1v) is 7.41. The van der Waals surface area contributed by atoms with Crippen LogP contribution in [0.4, 0.5) is 0 Å². The van der Waals surface area contributed by atoms with Crippen molar-refractivity contribution >= 4 is 11.6 Å². The Hall–Kier alpha value is -1.67. The van der Waals surface area contributed by atoms with Crippen LogP contribution in [0, 0.1) is 13.8 Å². The van der Waals surface area contributed by atoms with Crippen molar-refractivity contribution in [3.63, 3.8) is 0 Å². The summed E-state index contributed by atoms with van der Waals surface area (Å²) in [7, 11) is 3.31. The highest BCUT2D eigenvalue weighted by Gasteiger charge is 2.16. The van der Waals surface area contributed by atoms with Gasteiger partial charge in [0.15, 0.2) is 0 Å². The van der Waals surface area contributed by atoms with Crippen LogP contribution < -0.4 is 9.47 Å². The predicted octanol–water partition coefficient (Wildman–Crippen LogP) is 4.84. The first-order chi connectivity index (χ1) is 10.0. The van der Waals surface area contributed by atoms with Gasteiger partial charge in [-0.05, 0) is 49.6 Å². The van der Waals surface area contributed by atoms with Crippen LogP contribution >= 0.6 is 11.6 Å². The molecule has 0 aliphatic heterocycles. The number of halogens is 1. The zero-order valence-corrected chi connectivity index (χ0v) is 13.7. The van der Waals surface area contributed by atoms with E-state index in [1.165, 1.54) is 16.7 Å². The normalized spacial score (nSPS) is 12.0. The van der Waals surface area contributed by atoms with Crippen LogP contribution in [0.1, 0.15) is 27.6 Å². The maximum Gasteiger partial charge on any atom is 0.123 e. The molecule has 0 spiro atoms. The lowest BCUT2D eigenvalue weighted by Crippen LogP contribution is -2.01. The Kier molecular flexibility index (Phi) is 5.13. The lowest BCUT2D eigenvalue weighted by molar-refractivity contribution is 0.398. The molecule has 0 heterocycles. The van der Waals surface area contributed by atoms with E-state index in [2.05, 4.69) is 32.0 Å². The van der Waals surface area contributed by atoms with Gasteiger partial charge in [0.2, 0.25) is 0 Å². The standard InChI is InChI=1S/C18H21ClO2/c1-12-5-6-13(2)14(9-12)10-17(19)16-11-15(20-3)7-8-18(16)21-4/h5-9,11,17H,10H2,1-4H3. The molecule has 0 aliphatic carbocycles. The molecule has 1 atom stereocenters. The van der Waals surface area contributed by atoms with Crippen molar-refractivity contribution in [2.24, 2.45) is 0 Å². The van der Waals surface area contributed by atoms with Gasteiger partial charge in [-0.3, -0.25) is 0 Å². The molecule has 0 fully saturated rings. The van der Waals surface area contributed by atoms with Crippen LogP contribution in [0.3, 0.4) is 0 Å². The van der Waals surface area contributed by atoms with Crippen LogP contribution in [-0.4, -0.2) is 14.2 Å². The number of alkyl halides is 1. The van der Waals surface area contributed by atoms with E-state index in [9.17, 15) is 0 Å². The first kappa shape index (κ1) is 15.7. The number of hydrogen-bond donors (Lipinski definition) is 0. The predicted molar refractivity (Wildman–Crippen MR) is 87.8 cm³/mol. The molecule has 112 valence electrons. The number of methoxy groups -OCH3 is 2. The summed E-state index contributed by atoms with van der Waals surface area (Å²) in [5.74, 6) is 1.58. The number of benzene rings is 2. The number of aryl methyl sites for hydroxylation is 2. The SMILES string of the molecule is COc1ccc(OC)c(C(Cl)Cc2cc(C)ccc2C)c1. The highest BCUT2D eigenvalue weighted by Crippen LogP contribution is 2.35. The summed E-state index contributed by atoms with van der Waals surface area (Å²) >= 11 is 6.64. The summed E-state index contributed by atoms with van der Waals surface area (Å²) in [6, 6.07) is 12.2. The molecule has 0 aliphatic rings. The van der Waals surface area contributed by atoms with E-state index in [-0.39, 0.29) is 5.38 Å². The molecule has 2 rings (SSSR count). The highest BCUT2D eigenvalue weighted by atomic mass is 35.5. The van der Waals surface area contributed by atoms with Crippen LogP contribution in [-0.2, 0) is 6.42 Å². The van der Waals surface area contributed by atoms with E-state index >= 15 is 0 Å². The molecular weight excluding hydrogens is 284 g/mol. The minimum absolute atomic E-state index is 0.157. The van der Waals surface area contributed by atoms with Gasteiger partial charge < -0.3 is 9.47 Å². The van der Waals surface area contributed by atoms with Crippen molar-refractivity contribution < 1.29 is 9.47 Å². The number of rotatable bonds is 5. The fourth-order valence-corrected chi connectivity index (χ4v) is 2.74. The third kappa shape index (κ3) is 3.70. The first-order valence-electron chi connectivity index (χ1n) is 6.97. The van der Waals surface area contributed by atoms with E-state index in [1.807, 2.05) is 18.2 Å². The van der Waals surface area contributed by atoms with Gasteiger partial charge in [0.1, 0.15) is 11.5 Å². The molecule has 2 aromatic carbocycles. The second-order valence-electron chi connectivity index (χ2n) is 5.21. The average Bonchev–Trinajstić information content (AvgIpc) is 2.50. The molecule has 3 heteroatoms. The van der Waals surface area contributed by atoms with Crippen molar-refractivity contribution in [3.8, 4) is 11.5 Å². The van der Waals surface area contributed by atoms with Gasteiger partial charge >= 0.3 is 0 Å². The Morgan fingerprint density at radius 1 is 1.00 bits per heavy atom. The maximum atomic E-state index is 6.64. The Bertz CT molecular complexity index is 623. The van der Waals surface area contributed by atoms with Crippen molar-refractivity contribution in [1.29, 1.82) is 0 Å². The minimum Gasteiger partial charge on any atom is -0.497 e. The van der Waals surface area contributed by atoms with Crippen LogP contribution in [0.15, 0.2) is 36.4 Å². The van der Waals surface area contributed by atoms with Gasteiger partial charge in [-0.2, -0.15) is 0 Å². The fraction of sp³-hybridized carbons (Fsp3) is 0.333. The summed E-state index contributed by atoms with van der Waals surface area (Å²) in [6.45, 7) is 4.21. The van der Waals surface area contributed by atoms with Crippen molar-refractivity contribution in [3.05, 3.63) is 58.7 Å². The Labute approximate surface area is 131 Å². The second kappa shape index (κ2) is 6.86. The summed E-state index contributed by atoms with van der Waals surface area (Å²) < 4.78 is 10.7. The lowest BCUT2D eigenvalue weighted by Gasteiger charge is -2.16. The second-order valence-corrected chi connectivity index (χ2v) is 5.74. The van der Waals surface area contributed by atoms with Crippen LogP contribution in [0.2, 0.25) is 0 Å². The zero-order valence-electron chi connectivity index (χ0n) is 12.9. The summed E-state index contributed by atoms with van der Waals surface area (Å²) in [6.07, 6.45) is 0.762. The monoisotopic (exact) mass is 304 g/mol. The Balaban J connectivity index is 2.31. The fourth-order valence-electron chi connectivity index (χ4n) is 2.41. The summed E-state index contributed by atoms with van der Waals surface area (Å²) in [5.41, 5.74) is 4.73. The van der Waals surface area contributed by atoms with Gasteiger partial charge in [-0.15, -0.1) is 11.6 Å². The van der Waals surface area contributed by atoms with E-state index in [4.69, 9.17) is 21.1 Å². The molecule has 0 saturated heterocycles. The van der Waals surface area contributed by atoms with E-state index in [0.717, 1.165) is 23.5 Å². The molecule has 0 radical (unpaired) electrons. The largest absolute Gasteiger partial charge is 0.497 e. The maximum absolute atomic E-state index is 6.64. The van der Waals surface area contributed by atoms with Crippen molar-refractivity contribution in [2.75, 3.05) is 14.2 Å². The average molecular weight is 305 g/mol. The van der Waals surface area contributed by atoms with E-state index in [1.54, 1.807) is 14.2 Å². The molecule has 1 unspecified atom stereocenters. The quantitative estimate of drug-likeness (QED) is 0.736. The molecule has 0 N–H and O–H groups in total. The van der Waals surface area contributed by atoms with Crippen molar-refractivity contribution in [2.45, 2.75) is 25.6 Å². The summed E-state index contributed by atoms with van der Waals surface area (Å²) in [4.78, 5) is 0. The number of hydrogen-bond acceptors (Lipinski definition) is 2. The van der Waals surface area contributed by atoms with Crippen LogP contribution in [0.25, 0.3) is 0 Å². The molecule has 2 nitrogen and oxygen atoms in total. The van der Waals surface area contributed by atoms with E-state index in [0.29, 0.717) is 0 Å². The Morgan fingerprint density at radius 2 is 1.76 bits per heavy atom. The summed E-state index contributed by atoms with van der Waals surface area (Å²) in [5, 5.41) is -0.157. The molecule has 0 bridgehead atoms. The van der Waals surface area contributed by atoms with Gasteiger partial charge in [0, 0.05) is 5.56 Å². The van der Waals surface area contributed by atoms with Crippen LogP contribution in [0.5, 0.6) is 11.5 Å². The van der Waals surface area contributed by atoms with E-state index < -0.39 is 0 Å². The Morgan fingerprint density at radius 3 is 2.43 bits per heavy atom. The van der Waals surface area contributed by atoms with Gasteiger partial charge in [-0.25, -0.2) is 0 Å². The lowest BCUT2D eigenvalue weighted by atomic mass is 9.98. The third-order valence-electron chi connectivity index (χ3n) is 3.68. The third-order valence-corrected chi connectivity index (χ3v) is 4.07. The van der Waals surface area contributed by atoms with Crippen molar-refractivity contribution in [1.82, 2.24) is 0 Å². The minimum atomic E-state index is -0.157. The van der Waals surface area contributed by atoms with Gasteiger partial charge in [0.25, 0.3) is 0 Å². The van der Waals surface area contributed by atoms with Gasteiger partial charge in [-0.1, -0.05) is 23.8 Å². The molecule has 0 amide bonds. The molecule has 0 saturated carbocycles. The topological polar surface area (TPSA) is 18.5 Å². The smallest absolute Gasteiger partial charge is 0.123 e. The molecule has 0 aromatic heterocycles. The number of ether oxygens (including phenoxy) is 2.